The Morgan fingerprint density at radius 2 is 1.88 bits per heavy atom. The molecule has 0 aliphatic carbocycles. The van der Waals surface area contributed by atoms with Crippen molar-refractivity contribution in [2.45, 2.75) is 58.2 Å². The van der Waals surface area contributed by atoms with Gasteiger partial charge in [-0.1, -0.05) is 32.5 Å². The van der Waals surface area contributed by atoms with E-state index in [4.69, 9.17) is 18.0 Å². The first-order valence-corrected chi connectivity index (χ1v) is 8.00. The van der Waals surface area contributed by atoms with Crippen LogP contribution in [0.1, 0.15) is 47.0 Å². The molecule has 102 valence electrons. The SMILES string of the molecule is CCCCN(C(C)CC)S(=O)(=O)C(C)C(N)=S. The van der Waals surface area contributed by atoms with Gasteiger partial charge in [0.2, 0.25) is 10.0 Å². The van der Waals surface area contributed by atoms with Crippen molar-refractivity contribution in [3.8, 4) is 0 Å². The largest absolute Gasteiger partial charge is 0.392 e. The first-order valence-electron chi connectivity index (χ1n) is 6.08. The van der Waals surface area contributed by atoms with Gasteiger partial charge >= 0.3 is 0 Å². The van der Waals surface area contributed by atoms with Crippen LogP contribution in [0.2, 0.25) is 0 Å². The van der Waals surface area contributed by atoms with Crippen molar-refractivity contribution >= 4 is 27.2 Å². The van der Waals surface area contributed by atoms with Gasteiger partial charge in [-0.05, 0) is 26.7 Å². The highest BCUT2D eigenvalue weighted by atomic mass is 32.2. The van der Waals surface area contributed by atoms with Gasteiger partial charge < -0.3 is 5.73 Å². The highest BCUT2D eigenvalue weighted by Gasteiger charge is 2.32. The third kappa shape index (κ3) is 4.52. The predicted molar refractivity (Wildman–Crippen MR) is 76.5 cm³/mol. The molecule has 0 aliphatic rings. The number of hydrogen-bond acceptors (Lipinski definition) is 3. The van der Waals surface area contributed by atoms with E-state index in [9.17, 15) is 8.42 Å². The average Bonchev–Trinajstić information content (AvgIpc) is 2.27. The lowest BCUT2D eigenvalue weighted by molar-refractivity contribution is 0.323. The molecule has 0 rings (SSSR count). The maximum absolute atomic E-state index is 12.3. The Morgan fingerprint density at radius 1 is 1.35 bits per heavy atom. The minimum atomic E-state index is -3.42. The molecule has 17 heavy (non-hydrogen) atoms. The van der Waals surface area contributed by atoms with Gasteiger partial charge in [-0.3, -0.25) is 0 Å². The van der Waals surface area contributed by atoms with Crippen LogP contribution >= 0.6 is 12.2 Å². The molecule has 0 aromatic heterocycles. The molecular weight excluding hydrogens is 256 g/mol. The standard InChI is InChI=1S/C11H24N2O2S2/c1-5-7-8-13(9(3)6-2)17(14,15)10(4)11(12)16/h9-10H,5-8H2,1-4H3,(H2,12,16). The molecule has 0 amide bonds. The zero-order valence-corrected chi connectivity index (χ0v) is 12.8. The van der Waals surface area contributed by atoms with Gasteiger partial charge in [-0.25, -0.2) is 8.42 Å². The minimum absolute atomic E-state index is 0.0108. The zero-order valence-electron chi connectivity index (χ0n) is 11.1. The molecular formula is C11H24N2O2S2. The van der Waals surface area contributed by atoms with Crippen LogP contribution in [0.15, 0.2) is 0 Å². The third-order valence-electron chi connectivity index (χ3n) is 2.99. The lowest BCUT2D eigenvalue weighted by Gasteiger charge is -2.30. The van der Waals surface area contributed by atoms with Gasteiger partial charge in [0.1, 0.15) is 5.25 Å². The molecule has 2 unspecified atom stereocenters. The lowest BCUT2D eigenvalue weighted by Crippen LogP contribution is -2.47. The predicted octanol–water partition coefficient (Wildman–Crippen LogP) is 1.89. The van der Waals surface area contributed by atoms with Crippen molar-refractivity contribution in [3.05, 3.63) is 0 Å². The second-order valence-corrected chi connectivity index (χ2v) is 6.99. The Morgan fingerprint density at radius 3 is 2.24 bits per heavy atom. The summed E-state index contributed by atoms with van der Waals surface area (Å²) in [6.45, 7) is 8.03. The molecule has 0 saturated carbocycles. The van der Waals surface area contributed by atoms with Gasteiger partial charge in [0.05, 0.1) is 4.99 Å². The highest BCUT2D eigenvalue weighted by Crippen LogP contribution is 2.16. The Balaban J connectivity index is 5.08. The van der Waals surface area contributed by atoms with E-state index in [0.717, 1.165) is 19.3 Å². The van der Waals surface area contributed by atoms with Crippen LogP contribution < -0.4 is 5.73 Å². The molecule has 0 aromatic carbocycles. The van der Waals surface area contributed by atoms with E-state index < -0.39 is 15.3 Å². The topological polar surface area (TPSA) is 63.4 Å². The van der Waals surface area contributed by atoms with Crippen LogP contribution in [0, 0.1) is 0 Å². The van der Waals surface area contributed by atoms with E-state index in [1.54, 1.807) is 11.2 Å². The summed E-state index contributed by atoms with van der Waals surface area (Å²) in [7, 11) is -3.42. The van der Waals surface area contributed by atoms with Gasteiger partial charge in [0, 0.05) is 12.6 Å². The first kappa shape index (κ1) is 16.8. The maximum atomic E-state index is 12.3. The van der Waals surface area contributed by atoms with Gasteiger partial charge in [0.25, 0.3) is 0 Å². The molecule has 2 atom stereocenters. The van der Waals surface area contributed by atoms with Crippen LogP contribution in [-0.2, 0) is 10.0 Å². The molecule has 0 heterocycles. The van der Waals surface area contributed by atoms with Crippen LogP contribution in [0.25, 0.3) is 0 Å². The molecule has 0 spiro atoms. The number of unbranched alkanes of at least 4 members (excludes halogenated alkanes) is 1. The Labute approximate surface area is 111 Å². The summed E-state index contributed by atoms with van der Waals surface area (Å²) in [4.78, 5) is 0.0369. The Hall–Kier alpha value is -0.200. The Kier molecular flexibility index (Phi) is 7.20. The summed E-state index contributed by atoms with van der Waals surface area (Å²) in [5, 5.41) is -0.789. The van der Waals surface area contributed by atoms with Crippen molar-refractivity contribution in [1.29, 1.82) is 0 Å². The van der Waals surface area contributed by atoms with Crippen molar-refractivity contribution in [2.75, 3.05) is 6.54 Å². The van der Waals surface area contributed by atoms with Crippen LogP contribution in [0.4, 0.5) is 0 Å². The van der Waals surface area contributed by atoms with E-state index >= 15 is 0 Å². The Bertz CT molecular complexity index is 341. The number of nitrogens with zero attached hydrogens (tertiary/aromatic N) is 1. The molecule has 2 N–H and O–H groups in total. The van der Waals surface area contributed by atoms with Crippen molar-refractivity contribution in [1.82, 2.24) is 4.31 Å². The number of nitrogens with two attached hydrogens (primary N) is 1. The molecule has 4 nitrogen and oxygen atoms in total. The van der Waals surface area contributed by atoms with E-state index in [-0.39, 0.29) is 11.0 Å². The first-order chi connectivity index (χ1) is 7.78. The van der Waals surface area contributed by atoms with Crippen LogP contribution in [0.5, 0.6) is 0 Å². The minimum Gasteiger partial charge on any atom is -0.392 e. The van der Waals surface area contributed by atoms with E-state index in [1.165, 1.54) is 0 Å². The van der Waals surface area contributed by atoms with Gasteiger partial charge in [-0.15, -0.1) is 0 Å². The molecule has 0 fully saturated rings. The van der Waals surface area contributed by atoms with Crippen molar-refractivity contribution in [3.63, 3.8) is 0 Å². The second-order valence-electron chi connectivity index (χ2n) is 4.31. The quantitative estimate of drug-likeness (QED) is 0.690. The van der Waals surface area contributed by atoms with E-state index in [2.05, 4.69) is 0 Å². The van der Waals surface area contributed by atoms with E-state index in [0.29, 0.717) is 6.54 Å². The van der Waals surface area contributed by atoms with Gasteiger partial charge in [0.15, 0.2) is 0 Å². The van der Waals surface area contributed by atoms with Crippen LogP contribution in [0.3, 0.4) is 0 Å². The summed E-state index contributed by atoms with van der Waals surface area (Å²) in [5.41, 5.74) is 5.46. The van der Waals surface area contributed by atoms with Crippen LogP contribution in [-0.4, -0.2) is 35.5 Å². The van der Waals surface area contributed by atoms with E-state index in [1.807, 2.05) is 20.8 Å². The summed E-state index contributed by atoms with van der Waals surface area (Å²) in [6.07, 6.45) is 2.60. The molecule has 0 saturated heterocycles. The summed E-state index contributed by atoms with van der Waals surface area (Å²) >= 11 is 4.79. The van der Waals surface area contributed by atoms with Crippen molar-refractivity contribution in [2.24, 2.45) is 5.73 Å². The fraction of sp³-hybridized carbons (Fsp3) is 0.909. The number of sulfonamides is 1. The van der Waals surface area contributed by atoms with Gasteiger partial charge in [-0.2, -0.15) is 4.31 Å². The maximum Gasteiger partial charge on any atom is 0.223 e. The number of hydrogen-bond donors (Lipinski definition) is 1. The molecule has 0 bridgehead atoms. The summed E-state index contributed by atoms with van der Waals surface area (Å²) in [6, 6.07) is -0.0108. The molecule has 6 heteroatoms. The summed E-state index contributed by atoms with van der Waals surface area (Å²) in [5.74, 6) is 0. The zero-order chi connectivity index (χ0) is 13.6. The second kappa shape index (κ2) is 7.28. The number of rotatable bonds is 8. The number of thiocarbonyl (C=S) groups is 1. The highest BCUT2D eigenvalue weighted by molar-refractivity contribution is 7.92. The molecule has 0 aliphatic heterocycles. The fourth-order valence-corrected chi connectivity index (χ4v) is 3.56. The average molecular weight is 280 g/mol. The third-order valence-corrected chi connectivity index (χ3v) is 5.84. The molecule has 0 aromatic rings. The normalized spacial score (nSPS) is 15.8. The molecule has 0 radical (unpaired) electrons. The van der Waals surface area contributed by atoms with Crippen molar-refractivity contribution < 1.29 is 8.42 Å². The lowest BCUT2D eigenvalue weighted by atomic mass is 10.2. The fourth-order valence-electron chi connectivity index (χ4n) is 1.47. The summed E-state index contributed by atoms with van der Waals surface area (Å²) < 4.78 is 26.2. The smallest absolute Gasteiger partial charge is 0.223 e. The monoisotopic (exact) mass is 280 g/mol.